The van der Waals surface area contributed by atoms with E-state index in [0.29, 0.717) is 12.8 Å². The summed E-state index contributed by atoms with van der Waals surface area (Å²) in [5.41, 5.74) is 0. The van der Waals surface area contributed by atoms with E-state index in [0.717, 1.165) is 122 Å². The highest BCUT2D eigenvalue weighted by Crippen LogP contribution is 2.12. The fraction of sp³-hybridized carbons (Fsp3) is 0.574. The van der Waals surface area contributed by atoms with Crippen LogP contribution in [-0.4, -0.2) is 37.2 Å². The Labute approximate surface area is 367 Å². The zero-order valence-electron chi connectivity index (χ0n) is 38.2. The number of esters is 3. The third kappa shape index (κ3) is 44.9. The molecule has 0 aliphatic heterocycles. The summed E-state index contributed by atoms with van der Waals surface area (Å²) in [4.78, 5) is 37.8. The van der Waals surface area contributed by atoms with Crippen LogP contribution in [0.1, 0.15) is 181 Å². The van der Waals surface area contributed by atoms with Gasteiger partial charge in [-0.25, -0.2) is 0 Å². The van der Waals surface area contributed by atoms with E-state index in [1.807, 2.05) is 42.5 Å². The molecule has 0 N–H and O–H groups in total. The Morgan fingerprint density at radius 1 is 0.350 bits per heavy atom. The van der Waals surface area contributed by atoms with Gasteiger partial charge in [0.25, 0.3) is 0 Å². The maximum atomic E-state index is 12.7. The topological polar surface area (TPSA) is 78.9 Å². The van der Waals surface area contributed by atoms with Crippen molar-refractivity contribution in [3.8, 4) is 0 Å². The van der Waals surface area contributed by atoms with Gasteiger partial charge in [-0.1, -0.05) is 206 Å². The van der Waals surface area contributed by atoms with E-state index >= 15 is 0 Å². The molecular formula is C54H84O6. The molecule has 0 spiro atoms. The predicted molar refractivity (Wildman–Crippen MR) is 256 cm³/mol. The molecular weight excluding hydrogens is 745 g/mol. The smallest absolute Gasteiger partial charge is 0.306 e. The van der Waals surface area contributed by atoms with Crippen LogP contribution in [0.25, 0.3) is 0 Å². The van der Waals surface area contributed by atoms with Crippen molar-refractivity contribution in [2.24, 2.45) is 0 Å². The summed E-state index contributed by atoms with van der Waals surface area (Å²) in [5.74, 6) is -0.998. The molecule has 0 bridgehead atoms. The molecule has 6 heteroatoms. The van der Waals surface area contributed by atoms with Crippen LogP contribution in [0.5, 0.6) is 0 Å². The van der Waals surface area contributed by atoms with Gasteiger partial charge < -0.3 is 14.2 Å². The van der Waals surface area contributed by atoms with Gasteiger partial charge in [-0.15, -0.1) is 0 Å². The molecule has 0 rings (SSSR count). The van der Waals surface area contributed by atoms with E-state index < -0.39 is 6.10 Å². The van der Waals surface area contributed by atoms with E-state index in [9.17, 15) is 14.4 Å². The first-order chi connectivity index (χ1) is 29.5. The second-order valence-corrected chi connectivity index (χ2v) is 15.1. The standard InChI is InChI=1S/C54H84O6/c1-4-7-10-13-16-19-22-24-25-26-27-28-30-32-35-38-41-44-47-53(56)59-50-51(49-58-52(55)46-43-40-37-34-31-21-18-15-12-9-6-3)60-54(57)48-45-42-39-36-33-29-23-20-17-14-11-8-5-2/h8,10-11,13-28,31,51H,4-7,9,12,29-30,32-50H2,1-3H3/b11-8-,13-10-,17-14-,18-15-,19-16-,23-20-,24-22-,26-25-,28-27-,31-21-. The van der Waals surface area contributed by atoms with Crippen molar-refractivity contribution in [1.29, 1.82) is 0 Å². The summed E-state index contributed by atoms with van der Waals surface area (Å²) in [7, 11) is 0. The number of carbonyl (C=O) groups is 3. The van der Waals surface area contributed by atoms with Crippen molar-refractivity contribution >= 4 is 17.9 Å². The molecule has 0 radical (unpaired) electrons. The highest BCUT2D eigenvalue weighted by Gasteiger charge is 2.19. The molecule has 6 nitrogen and oxygen atoms in total. The summed E-state index contributed by atoms with van der Waals surface area (Å²) in [5, 5.41) is 0. The molecule has 0 amide bonds. The lowest BCUT2D eigenvalue weighted by molar-refractivity contribution is -0.167. The fourth-order valence-corrected chi connectivity index (χ4v) is 5.80. The average Bonchev–Trinajstić information content (AvgIpc) is 3.24. The summed E-state index contributed by atoms with van der Waals surface area (Å²) in [6.45, 7) is 6.26. The molecule has 0 fully saturated rings. The van der Waals surface area contributed by atoms with E-state index in [2.05, 4.69) is 99.8 Å². The highest BCUT2D eigenvalue weighted by atomic mass is 16.6. The second-order valence-electron chi connectivity index (χ2n) is 15.1. The van der Waals surface area contributed by atoms with Crippen molar-refractivity contribution in [1.82, 2.24) is 0 Å². The van der Waals surface area contributed by atoms with Crippen LogP contribution >= 0.6 is 0 Å². The van der Waals surface area contributed by atoms with Gasteiger partial charge in [0.15, 0.2) is 6.10 Å². The average molecular weight is 829 g/mol. The first kappa shape index (κ1) is 55.8. The fourth-order valence-electron chi connectivity index (χ4n) is 5.80. The first-order valence-electron chi connectivity index (χ1n) is 23.7. The van der Waals surface area contributed by atoms with Gasteiger partial charge >= 0.3 is 17.9 Å². The van der Waals surface area contributed by atoms with E-state index in [4.69, 9.17) is 14.2 Å². The molecule has 336 valence electrons. The highest BCUT2D eigenvalue weighted by molar-refractivity contribution is 5.71. The van der Waals surface area contributed by atoms with E-state index in [1.54, 1.807) is 0 Å². The molecule has 1 unspecified atom stereocenters. The second kappa shape index (κ2) is 47.5. The SMILES string of the molecule is CC\C=C/C=C\C=C/CCCCCCCC(=O)OC(COC(=O)CCCCC/C=C\C=C/CCCC)COC(=O)CCCCCCC\C=C/C=C\C=C/C=C\C=C/CCC. The van der Waals surface area contributed by atoms with Gasteiger partial charge in [0, 0.05) is 19.3 Å². The van der Waals surface area contributed by atoms with E-state index in [-0.39, 0.29) is 37.5 Å². The molecule has 0 aromatic heterocycles. The molecule has 0 aromatic carbocycles. The monoisotopic (exact) mass is 829 g/mol. The number of unbranched alkanes of at least 4 members (excludes halogenated alkanes) is 16. The lowest BCUT2D eigenvalue weighted by atomic mass is 10.1. The third-order valence-electron chi connectivity index (χ3n) is 9.37. The minimum absolute atomic E-state index is 0.113. The largest absolute Gasteiger partial charge is 0.462 e. The molecule has 0 aromatic rings. The molecule has 0 saturated carbocycles. The van der Waals surface area contributed by atoms with Gasteiger partial charge in [0.05, 0.1) is 0 Å². The van der Waals surface area contributed by atoms with Crippen LogP contribution in [0.2, 0.25) is 0 Å². The quantitative estimate of drug-likeness (QED) is 0.0265. The van der Waals surface area contributed by atoms with Crippen molar-refractivity contribution in [2.45, 2.75) is 187 Å². The van der Waals surface area contributed by atoms with Crippen LogP contribution in [-0.2, 0) is 28.6 Å². The van der Waals surface area contributed by atoms with Crippen LogP contribution in [0.3, 0.4) is 0 Å². The van der Waals surface area contributed by atoms with Crippen molar-refractivity contribution in [3.63, 3.8) is 0 Å². The lowest BCUT2D eigenvalue weighted by Gasteiger charge is -2.18. The Kier molecular flexibility index (Phi) is 44.2. The number of hydrogen-bond donors (Lipinski definition) is 0. The molecule has 0 aliphatic rings. The van der Waals surface area contributed by atoms with Gasteiger partial charge in [0.2, 0.25) is 0 Å². The number of hydrogen-bond acceptors (Lipinski definition) is 6. The normalized spacial score (nSPS) is 13.2. The van der Waals surface area contributed by atoms with Crippen LogP contribution < -0.4 is 0 Å². The Morgan fingerprint density at radius 2 is 0.683 bits per heavy atom. The Bertz CT molecular complexity index is 1320. The first-order valence-corrected chi connectivity index (χ1v) is 23.7. The summed E-state index contributed by atoms with van der Waals surface area (Å²) >= 11 is 0. The van der Waals surface area contributed by atoms with Crippen LogP contribution in [0.15, 0.2) is 122 Å². The number of allylic oxidation sites excluding steroid dienone is 20. The maximum absolute atomic E-state index is 12.7. The lowest BCUT2D eigenvalue weighted by Crippen LogP contribution is -2.30. The number of carbonyl (C=O) groups excluding carboxylic acids is 3. The summed E-state index contributed by atoms with van der Waals surface area (Å²) in [6.07, 6.45) is 64.6. The minimum Gasteiger partial charge on any atom is -0.462 e. The van der Waals surface area contributed by atoms with Crippen molar-refractivity contribution in [2.75, 3.05) is 13.2 Å². The predicted octanol–water partition coefficient (Wildman–Crippen LogP) is 15.4. The van der Waals surface area contributed by atoms with Gasteiger partial charge in [-0.3, -0.25) is 14.4 Å². The molecule has 0 saturated heterocycles. The zero-order valence-corrected chi connectivity index (χ0v) is 38.2. The molecule has 0 heterocycles. The van der Waals surface area contributed by atoms with Crippen LogP contribution in [0.4, 0.5) is 0 Å². The van der Waals surface area contributed by atoms with E-state index in [1.165, 1.54) is 19.3 Å². The van der Waals surface area contributed by atoms with Crippen molar-refractivity contribution in [3.05, 3.63) is 122 Å². The van der Waals surface area contributed by atoms with Gasteiger partial charge in [0.1, 0.15) is 13.2 Å². The molecule has 1 atom stereocenters. The summed E-state index contributed by atoms with van der Waals surface area (Å²) < 4.78 is 16.7. The number of ether oxygens (including phenoxy) is 3. The van der Waals surface area contributed by atoms with Gasteiger partial charge in [-0.05, 0) is 77.0 Å². The van der Waals surface area contributed by atoms with Gasteiger partial charge in [-0.2, -0.15) is 0 Å². The number of rotatable bonds is 40. The maximum Gasteiger partial charge on any atom is 0.306 e. The zero-order chi connectivity index (χ0) is 43.7. The summed E-state index contributed by atoms with van der Waals surface area (Å²) in [6, 6.07) is 0. The third-order valence-corrected chi connectivity index (χ3v) is 9.37. The van der Waals surface area contributed by atoms with Crippen LogP contribution in [0, 0.1) is 0 Å². The minimum atomic E-state index is -0.812. The molecule has 60 heavy (non-hydrogen) atoms. The molecule has 0 aliphatic carbocycles. The Morgan fingerprint density at radius 3 is 1.12 bits per heavy atom. The van der Waals surface area contributed by atoms with Crippen molar-refractivity contribution < 1.29 is 28.6 Å². The Balaban J connectivity index is 4.51. The Hall–Kier alpha value is -4.19.